The Morgan fingerprint density at radius 2 is 1.68 bits per heavy atom. The first-order valence-electron chi connectivity index (χ1n) is 12.4. The van der Waals surface area contributed by atoms with Crippen LogP contribution in [0.4, 0.5) is 0 Å². The molecule has 0 atom stereocenters. The van der Waals surface area contributed by atoms with E-state index in [1.165, 1.54) is 76.6 Å². The van der Waals surface area contributed by atoms with Crippen LogP contribution in [0.2, 0.25) is 0 Å². The average Bonchev–Trinajstić information content (AvgIpc) is 2.79. The fourth-order valence-corrected chi connectivity index (χ4v) is 4.59. The van der Waals surface area contributed by atoms with Crippen molar-refractivity contribution in [1.29, 1.82) is 0 Å². The third-order valence-corrected chi connectivity index (χ3v) is 6.37. The maximum Gasteiger partial charge on any atom is 0.191 e. The molecule has 2 fully saturated rings. The van der Waals surface area contributed by atoms with E-state index in [1.54, 1.807) is 0 Å². The second-order valence-corrected chi connectivity index (χ2v) is 8.90. The van der Waals surface area contributed by atoms with Crippen LogP contribution in [0.25, 0.3) is 0 Å². The minimum atomic E-state index is 0. The van der Waals surface area contributed by atoms with Gasteiger partial charge in [0.05, 0.1) is 0 Å². The van der Waals surface area contributed by atoms with E-state index in [9.17, 15) is 0 Å². The second kappa shape index (κ2) is 15.9. The molecule has 2 N–H and O–H groups in total. The number of nitrogens with one attached hydrogen (secondary N) is 2. The van der Waals surface area contributed by atoms with Gasteiger partial charge in [-0.25, -0.2) is 0 Å². The molecule has 0 radical (unpaired) electrons. The van der Waals surface area contributed by atoms with Crippen molar-refractivity contribution >= 4 is 29.9 Å². The molecule has 1 aromatic carbocycles. The summed E-state index contributed by atoms with van der Waals surface area (Å²) in [5.41, 5.74) is 1.42. The highest BCUT2D eigenvalue weighted by Crippen LogP contribution is 2.14. The summed E-state index contributed by atoms with van der Waals surface area (Å²) in [4.78, 5) is 10.1. The van der Waals surface area contributed by atoms with Crippen molar-refractivity contribution in [3.8, 4) is 0 Å². The lowest BCUT2D eigenvalue weighted by atomic mass is 10.0. The number of benzene rings is 1. The maximum atomic E-state index is 4.85. The number of likely N-dealkylation sites (tertiary alicyclic amines) is 2. The van der Waals surface area contributed by atoms with Gasteiger partial charge in [-0.3, -0.25) is 9.89 Å². The molecule has 0 spiro atoms. The predicted molar refractivity (Wildman–Crippen MR) is 143 cm³/mol. The number of halogens is 1. The molecule has 0 unspecified atom stereocenters. The topological polar surface area (TPSA) is 42.9 Å². The fourth-order valence-electron chi connectivity index (χ4n) is 4.59. The first-order chi connectivity index (χ1) is 14.8. The van der Waals surface area contributed by atoms with E-state index >= 15 is 0 Å². The smallest absolute Gasteiger partial charge is 0.191 e. The van der Waals surface area contributed by atoms with E-state index in [0.717, 1.165) is 38.7 Å². The summed E-state index contributed by atoms with van der Waals surface area (Å²) in [6.45, 7) is 11.3. The van der Waals surface area contributed by atoms with Crippen LogP contribution >= 0.6 is 24.0 Å². The molecule has 6 heteroatoms. The van der Waals surface area contributed by atoms with Crippen molar-refractivity contribution in [3.05, 3.63) is 35.9 Å². The minimum Gasteiger partial charge on any atom is -0.357 e. The third-order valence-electron chi connectivity index (χ3n) is 6.37. The molecule has 0 bridgehead atoms. The number of guanidine groups is 1. The number of rotatable bonds is 10. The Bertz CT molecular complexity index is 595. The van der Waals surface area contributed by atoms with Crippen molar-refractivity contribution in [3.63, 3.8) is 0 Å². The molecule has 0 aliphatic carbocycles. The number of unbranched alkanes of at least 4 members (excludes halogenated alkanes) is 2. The molecule has 0 saturated carbocycles. The summed E-state index contributed by atoms with van der Waals surface area (Å²) in [6.07, 6.45) is 10.4. The molecule has 0 aromatic heterocycles. The highest BCUT2D eigenvalue weighted by molar-refractivity contribution is 14.0. The Morgan fingerprint density at radius 1 is 0.935 bits per heavy atom. The first kappa shape index (κ1) is 26.4. The third kappa shape index (κ3) is 10.5. The average molecular weight is 542 g/mol. The molecule has 2 aliphatic rings. The lowest BCUT2D eigenvalue weighted by Crippen LogP contribution is -2.48. The Morgan fingerprint density at radius 3 is 2.39 bits per heavy atom. The molecule has 31 heavy (non-hydrogen) atoms. The van der Waals surface area contributed by atoms with Gasteiger partial charge in [0.25, 0.3) is 0 Å². The van der Waals surface area contributed by atoms with Gasteiger partial charge in [-0.05, 0) is 70.6 Å². The van der Waals surface area contributed by atoms with Gasteiger partial charge in [0, 0.05) is 38.8 Å². The second-order valence-electron chi connectivity index (χ2n) is 8.90. The van der Waals surface area contributed by atoms with Crippen LogP contribution in [0.15, 0.2) is 35.3 Å². The van der Waals surface area contributed by atoms with Crippen LogP contribution in [0, 0.1) is 0 Å². The van der Waals surface area contributed by atoms with Crippen LogP contribution in [0.5, 0.6) is 0 Å². The molecule has 0 amide bonds. The van der Waals surface area contributed by atoms with Crippen molar-refractivity contribution in [2.75, 3.05) is 45.8 Å². The minimum absolute atomic E-state index is 0. The molecule has 3 rings (SSSR count). The van der Waals surface area contributed by atoms with Crippen molar-refractivity contribution in [2.24, 2.45) is 4.99 Å². The van der Waals surface area contributed by atoms with Gasteiger partial charge in [0.2, 0.25) is 0 Å². The zero-order chi connectivity index (χ0) is 20.9. The highest BCUT2D eigenvalue weighted by atomic mass is 127. The van der Waals surface area contributed by atoms with E-state index in [0.29, 0.717) is 6.04 Å². The zero-order valence-corrected chi connectivity index (χ0v) is 21.9. The van der Waals surface area contributed by atoms with Gasteiger partial charge in [0.15, 0.2) is 5.96 Å². The summed E-state index contributed by atoms with van der Waals surface area (Å²) in [5, 5.41) is 7.13. The van der Waals surface area contributed by atoms with Gasteiger partial charge >= 0.3 is 0 Å². The summed E-state index contributed by atoms with van der Waals surface area (Å²) >= 11 is 0. The van der Waals surface area contributed by atoms with Gasteiger partial charge < -0.3 is 15.5 Å². The summed E-state index contributed by atoms with van der Waals surface area (Å²) in [7, 11) is 0. The summed E-state index contributed by atoms with van der Waals surface area (Å²) in [6, 6.07) is 11.4. The lowest BCUT2D eigenvalue weighted by molar-refractivity contribution is 0.198. The Hall–Kier alpha value is -0.860. The molecule has 2 heterocycles. The fraction of sp³-hybridized carbons (Fsp3) is 0.720. The van der Waals surface area contributed by atoms with E-state index in [2.05, 4.69) is 57.7 Å². The SMILES string of the molecule is CCNC(=NCCCCCN1CCCCC1)NC1CCN(Cc2ccccc2)CC1.I. The van der Waals surface area contributed by atoms with Gasteiger partial charge in [-0.2, -0.15) is 0 Å². The Balaban J connectivity index is 0.00000341. The first-order valence-corrected chi connectivity index (χ1v) is 12.4. The maximum absolute atomic E-state index is 4.85. The summed E-state index contributed by atoms with van der Waals surface area (Å²) in [5.74, 6) is 1.01. The number of nitrogens with zero attached hydrogens (tertiary/aromatic N) is 3. The van der Waals surface area contributed by atoms with Crippen molar-refractivity contribution in [1.82, 2.24) is 20.4 Å². The molecule has 2 aliphatic heterocycles. The monoisotopic (exact) mass is 541 g/mol. The molecule has 1 aromatic rings. The van der Waals surface area contributed by atoms with E-state index < -0.39 is 0 Å². The standard InChI is InChI=1S/C25H43N5.HI/c1-2-26-25(27-16-8-4-9-17-29-18-10-5-11-19-29)28-24-14-20-30(21-15-24)22-23-12-6-3-7-13-23;/h3,6-7,12-13,24H,2,4-5,8-11,14-22H2,1H3,(H2,26,27,28);1H. The van der Waals surface area contributed by atoms with Crippen molar-refractivity contribution < 1.29 is 0 Å². The van der Waals surface area contributed by atoms with Gasteiger partial charge in [-0.15, -0.1) is 24.0 Å². The predicted octanol–water partition coefficient (Wildman–Crippen LogP) is 4.48. The highest BCUT2D eigenvalue weighted by Gasteiger charge is 2.20. The quantitative estimate of drug-likeness (QED) is 0.199. The van der Waals surface area contributed by atoms with Crippen molar-refractivity contribution in [2.45, 2.75) is 70.9 Å². The molecule has 2 saturated heterocycles. The van der Waals surface area contributed by atoms with Gasteiger partial charge in [0.1, 0.15) is 0 Å². The number of aliphatic imine (C=N–C) groups is 1. The van der Waals surface area contributed by atoms with Crippen LogP contribution in [0.3, 0.4) is 0 Å². The van der Waals surface area contributed by atoms with E-state index in [1.807, 2.05) is 0 Å². The summed E-state index contributed by atoms with van der Waals surface area (Å²) < 4.78 is 0. The molecule has 5 nitrogen and oxygen atoms in total. The van der Waals surface area contributed by atoms with Crippen LogP contribution in [-0.2, 0) is 6.54 Å². The van der Waals surface area contributed by atoms with E-state index in [4.69, 9.17) is 4.99 Å². The Kier molecular flexibility index (Phi) is 13.5. The number of hydrogen-bond acceptors (Lipinski definition) is 3. The van der Waals surface area contributed by atoms with Crippen LogP contribution < -0.4 is 10.6 Å². The van der Waals surface area contributed by atoms with E-state index in [-0.39, 0.29) is 24.0 Å². The lowest BCUT2D eigenvalue weighted by Gasteiger charge is -2.33. The van der Waals surface area contributed by atoms with Crippen LogP contribution in [0.1, 0.15) is 63.9 Å². The molecular formula is C25H44IN5. The molecule has 176 valence electrons. The normalized spacial score (nSPS) is 19.1. The Labute approximate surface area is 207 Å². The molecular weight excluding hydrogens is 497 g/mol. The largest absolute Gasteiger partial charge is 0.357 e. The number of hydrogen-bond donors (Lipinski definition) is 2. The van der Waals surface area contributed by atoms with Gasteiger partial charge in [-0.1, -0.05) is 43.2 Å². The zero-order valence-electron chi connectivity index (χ0n) is 19.5. The number of piperidine rings is 2. The van der Waals surface area contributed by atoms with Crippen LogP contribution in [-0.4, -0.2) is 67.6 Å².